The van der Waals surface area contributed by atoms with Crippen LogP contribution in [0, 0.1) is 0 Å². The smallest absolute Gasteiger partial charge is 0.0842 e. The van der Waals surface area contributed by atoms with Crippen LogP contribution in [0.15, 0.2) is 65.8 Å². The second-order valence-electron chi connectivity index (χ2n) is 4.99. The van der Waals surface area contributed by atoms with Crippen molar-refractivity contribution in [1.29, 1.82) is 0 Å². The number of hydrogen-bond donors (Lipinski definition) is 1. The van der Waals surface area contributed by atoms with E-state index in [1.54, 1.807) is 0 Å². The zero-order valence-corrected chi connectivity index (χ0v) is 11.4. The molecule has 0 aliphatic carbocycles. The molecule has 3 rings (SSSR count). The average Bonchev–Trinajstić information content (AvgIpc) is 3.00. The van der Waals surface area contributed by atoms with Gasteiger partial charge in [-0.15, -0.1) is 0 Å². The summed E-state index contributed by atoms with van der Waals surface area (Å²) in [5.74, 6) is 0. The first kappa shape index (κ1) is 12.9. The summed E-state index contributed by atoms with van der Waals surface area (Å²) in [5, 5.41) is 6.90. The van der Waals surface area contributed by atoms with Crippen LogP contribution in [0.1, 0.15) is 23.6 Å². The number of nitrogens with two attached hydrogens (primary N) is 1. The molecule has 102 valence electrons. The molecule has 2 aromatic rings. The van der Waals surface area contributed by atoms with Crippen molar-refractivity contribution in [3.05, 3.63) is 71.8 Å². The molecule has 2 N–H and O–H groups in total. The monoisotopic (exact) mass is 265 g/mol. The Balaban J connectivity index is 1.83. The third-order valence-electron chi connectivity index (χ3n) is 3.70. The average molecular weight is 265 g/mol. The van der Waals surface area contributed by atoms with Crippen molar-refractivity contribution in [3.63, 3.8) is 0 Å². The van der Waals surface area contributed by atoms with Gasteiger partial charge in [-0.3, -0.25) is 5.01 Å². The molecule has 1 atom stereocenters. The van der Waals surface area contributed by atoms with E-state index in [9.17, 15) is 0 Å². The summed E-state index contributed by atoms with van der Waals surface area (Å²) < 4.78 is 0. The Kier molecular flexibility index (Phi) is 3.79. The molecule has 0 fully saturated rings. The van der Waals surface area contributed by atoms with Gasteiger partial charge < -0.3 is 5.73 Å². The Morgan fingerprint density at radius 2 is 1.65 bits per heavy atom. The Bertz CT molecular complexity index is 578. The molecule has 1 aliphatic heterocycles. The number of hydrazone groups is 1. The lowest BCUT2D eigenvalue weighted by molar-refractivity contribution is 0.234. The predicted octanol–water partition coefficient (Wildman–Crippen LogP) is 2.80. The van der Waals surface area contributed by atoms with E-state index in [0.29, 0.717) is 6.54 Å². The second-order valence-corrected chi connectivity index (χ2v) is 4.99. The van der Waals surface area contributed by atoms with Crippen LogP contribution < -0.4 is 5.73 Å². The van der Waals surface area contributed by atoms with Gasteiger partial charge in [-0.05, 0) is 11.1 Å². The van der Waals surface area contributed by atoms with Crippen molar-refractivity contribution in [2.24, 2.45) is 10.8 Å². The molecule has 3 nitrogen and oxygen atoms in total. The molecule has 0 aromatic heterocycles. The van der Waals surface area contributed by atoms with Crippen molar-refractivity contribution in [1.82, 2.24) is 5.01 Å². The van der Waals surface area contributed by atoms with E-state index in [1.165, 1.54) is 11.1 Å². The summed E-state index contributed by atoms with van der Waals surface area (Å²) in [7, 11) is 0. The summed E-state index contributed by atoms with van der Waals surface area (Å²) in [4.78, 5) is 0. The maximum absolute atomic E-state index is 5.96. The molecule has 1 heterocycles. The van der Waals surface area contributed by atoms with E-state index in [2.05, 4.69) is 53.5 Å². The van der Waals surface area contributed by atoms with Gasteiger partial charge in [-0.25, -0.2) is 0 Å². The van der Waals surface area contributed by atoms with Crippen LogP contribution in [0.2, 0.25) is 0 Å². The van der Waals surface area contributed by atoms with Crippen LogP contribution in [-0.4, -0.2) is 23.8 Å². The largest absolute Gasteiger partial charge is 0.328 e. The van der Waals surface area contributed by atoms with Gasteiger partial charge in [0.2, 0.25) is 0 Å². The molecule has 0 bridgehead atoms. The van der Waals surface area contributed by atoms with Crippen molar-refractivity contribution in [2.45, 2.75) is 12.5 Å². The first-order valence-corrected chi connectivity index (χ1v) is 7.03. The minimum Gasteiger partial charge on any atom is -0.328 e. The Hall–Kier alpha value is -2.13. The van der Waals surface area contributed by atoms with Gasteiger partial charge in [0.25, 0.3) is 0 Å². The molecule has 20 heavy (non-hydrogen) atoms. The molecule has 1 aliphatic rings. The highest BCUT2D eigenvalue weighted by Gasteiger charge is 2.23. The molecule has 0 saturated heterocycles. The van der Waals surface area contributed by atoms with Crippen LogP contribution >= 0.6 is 0 Å². The van der Waals surface area contributed by atoms with E-state index in [0.717, 1.165) is 18.7 Å². The highest BCUT2D eigenvalue weighted by Crippen LogP contribution is 2.25. The topological polar surface area (TPSA) is 41.6 Å². The molecule has 0 unspecified atom stereocenters. The second kappa shape index (κ2) is 5.88. The highest BCUT2D eigenvalue weighted by atomic mass is 15.5. The molecule has 0 saturated carbocycles. The zero-order chi connectivity index (χ0) is 13.8. The minimum absolute atomic E-state index is 0.164. The molecule has 3 heteroatoms. The zero-order valence-electron chi connectivity index (χ0n) is 11.4. The van der Waals surface area contributed by atoms with Crippen LogP contribution in [0.4, 0.5) is 0 Å². The molecule has 0 amide bonds. The standard InChI is InChI=1S/C17H19N3/c18-13-17(15-9-5-2-6-10-15)20-12-11-16(19-20)14-7-3-1-4-8-14/h1-10,17H,11-13,18H2/t17-/m1/s1. The van der Waals surface area contributed by atoms with Gasteiger partial charge >= 0.3 is 0 Å². The lowest BCUT2D eigenvalue weighted by atomic mass is 10.1. The maximum atomic E-state index is 5.96. The minimum atomic E-state index is 0.164. The SMILES string of the molecule is NC[C@H](c1ccccc1)N1CCC(c2ccccc2)=N1. The number of rotatable bonds is 4. The first-order chi connectivity index (χ1) is 9.88. The molecular weight excluding hydrogens is 246 g/mol. The van der Waals surface area contributed by atoms with Gasteiger partial charge in [0.05, 0.1) is 11.8 Å². The normalized spacial score (nSPS) is 16.1. The van der Waals surface area contributed by atoms with E-state index in [4.69, 9.17) is 10.8 Å². The van der Waals surface area contributed by atoms with Crippen molar-refractivity contribution >= 4 is 5.71 Å². The number of benzene rings is 2. The maximum Gasteiger partial charge on any atom is 0.0842 e. The van der Waals surface area contributed by atoms with Gasteiger partial charge in [-0.2, -0.15) is 5.10 Å². The predicted molar refractivity (Wildman–Crippen MR) is 82.5 cm³/mol. The van der Waals surface area contributed by atoms with E-state index in [-0.39, 0.29) is 6.04 Å². The molecular formula is C17H19N3. The highest BCUT2D eigenvalue weighted by molar-refractivity contribution is 6.01. The third kappa shape index (κ3) is 2.58. The fraction of sp³-hybridized carbons (Fsp3) is 0.235. The van der Waals surface area contributed by atoms with Crippen LogP contribution in [0.3, 0.4) is 0 Å². The molecule has 2 aromatic carbocycles. The fourth-order valence-corrected chi connectivity index (χ4v) is 2.64. The Morgan fingerprint density at radius 3 is 2.30 bits per heavy atom. The fourth-order valence-electron chi connectivity index (χ4n) is 2.64. The number of hydrogen-bond acceptors (Lipinski definition) is 3. The van der Waals surface area contributed by atoms with Crippen LogP contribution in [0.5, 0.6) is 0 Å². The molecule has 0 radical (unpaired) electrons. The van der Waals surface area contributed by atoms with Crippen molar-refractivity contribution in [3.8, 4) is 0 Å². The molecule has 0 spiro atoms. The van der Waals surface area contributed by atoms with Crippen LogP contribution in [-0.2, 0) is 0 Å². The van der Waals surface area contributed by atoms with E-state index in [1.807, 2.05) is 12.1 Å². The van der Waals surface area contributed by atoms with Gasteiger partial charge in [0.15, 0.2) is 0 Å². The Labute approximate surface area is 119 Å². The van der Waals surface area contributed by atoms with Gasteiger partial charge in [0.1, 0.15) is 0 Å². The summed E-state index contributed by atoms with van der Waals surface area (Å²) >= 11 is 0. The van der Waals surface area contributed by atoms with Crippen LogP contribution in [0.25, 0.3) is 0 Å². The lowest BCUT2D eigenvalue weighted by Gasteiger charge is -2.25. The summed E-state index contributed by atoms with van der Waals surface area (Å²) in [6.45, 7) is 1.51. The number of nitrogens with zero attached hydrogens (tertiary/aromatic N) is 2. The summed E-state index contributed by atoms with van der Waals surface area (Å²) in [6.07, 6.45) is 0.980. The van der Waals surface area contributed by atoms with Gasteiger partial charge in [0, 0.05) is 19.5 Å². The summed E-state index contributed by atoms with van der Waals surface area (Å²) in [5.41, 5.74) is 9.55. The quantitative estimate of drug-likeness (QED) is 0.923. The van der Waals surface area contributed by atoms with Crippen molar-refractivity contribution in [2.75, 3.05) is 13.1 Å². The first-order valence-electron chi connectivity index (χ1n) is 7.03. The summed E-state index contributed by atoms with van der Waals surface area (Å²) in [6, 6.07) is 20.9. The van der Waals surface area contributed by atoms with Gasteiger partial charge in [-0.1, -0.05) is 60.7 Å². The Morgan fingerprint density at radius 1 is 1.00 bits per heavy atom. The lowest BCUT2D eigenvalue weighted by Crippen LogP contribution is -2.28. The third-order valence-corrected chi connectivity index (χ3v) is 3.70. The van der Waals surface area contributed by atoms with E-state index < -0.39 is 0 Å². The van der Waals surface area contributed by atoms with Crippen molar-refractivity contribution < 1.29 is 0 Å². The van der Waals surface area contributed by atoms with E-state index >= 15 is 0 Å².